The first-order chi connectivity index (χ1) is 12.5. The molecule has 0 saturated carbocycles. The summed E-state index contributed by atoms with van der Waals surface area (Å²) in [5.41, 5.74) is 1.62. The van der Waals surface area contributed by atoms with Crippen LogP contribution < -0.4 is 10.6 Å². The van der Waals surface area contributed by atoms with Gasteiger partial charge in [-0.1, -0.05) is 19.4 Å². The number of unbranched alkanes of at least 4 members (excludes halogenated alkanes) is 1. The Bertz CT molecular complexity index is 793. The van der Waals surface area contributed by atoms with Gasteiger partial charge in [0.25, 0.3) is 5.69 Å². The lowest BCUT2D eigenvalue weighted by Crippen LogP contribution is -2.19. The van der Waals surface area contributed by atoms with Gasteiger partial charge in [-0.05, 0) is 49.0 Å². The van der Waals surface area contributed by atoms with Crippen molar-refractivity contribution in [2.45, 2.75) is 19.8 Å². The van der Waals surface area contributed by atoms with Crippen molar-refractivity contribution in [3.05, 3.63) is 64.2 Å². The number of carbonyl (C=O) groups is 1. The summed E-state index contributed by atoms with van der Waals surface area (Å²) < 4.78 is 5.15. The van der Waals surface area contributed by atoms with E-state index in [2.05, 4.69) is 10.6 Å². The fourth-order valence-electron chi connectivity index (χ4n) is 2.07. The summed E-state index contributed by atoms with van der Waals surface area (Å²) in [5.74, 6) is -0.359. The van der Waals surface area contributed by atoms with Gasteiger partial charge >= 0.3 is 5.97 Å². The molecule has 0 atom stereocenters. The predicted octanol–water partition coefficient (Wildman–Crippen LogP) is 4.36. The summed E-state index contributed by atoms with van der Waals surface area (Å²) in [7, 11) is 0. The number of ether oxygens (including phenoxy) is 1. The van der Waals surface area contributed by atoms with Gasteiger partial charge in [-0.3, -0.25) is 10.1 Å². The van der Waals surface area contributed by atoms with Crippen LogP contribution >= 0.6 is 12.2 Å². The zero-order chi connectivity index (χ0) is 18.9. The summed E-state index contributed by atoms with van der Waals surface area (Å²) >= 11 is 5.20. The number of nitro groups is 1. The van der Waals surface area contributed by atoms with E-state index in [0.29, 0.717) is 23.5 Å². The molecule has 0 heterocycles. The molecule has 0 aromatic heterocycles. The second kappa shape index (κ2) is 9.47. The molecule has 0 spiro atoms. The van der Waals surface area contributed by atoms with Crippen molar-refractivity contribution in [1.82, 2.24) is 0 Å². The van der Waals surface area contributed by atoms with Crippen LogP contribution in [0.25, 0.3) is 0 Å². The Balaban J connectivity index is 1.92. The van der Waals surface area contributed by atoms with E-state index in [4.69, 9.17) is 17.0 Å². The number of nitrogens with zero attached hydrogens (tertiary/aromatic N) is 1. The van der Waals surface area contributed by atoms with Gasteiger partial charge in [0.1, 0.15) is 0 Å². The van der Waals surface area contributed by atoms with Gasteiger partial charge in [0.05, 0.1) is 17.1 Å². The van der Waals surface area contributed by atoms with Crippen LogP contribution in [0.2, 0.25) is 0 Å². The van der Waals surface area contributed by atoms with Gasteiger partial charge in [-0.15, -0.1) is 0 Å². The molecule has 0 bridgehead atoms. The fraction of sp³-hybridized carbons (Fsp3) is 0.222. The van der Waals surface area contributed by atoms with Crippen molar-refractivity contribution in [3.63, 3.8) is 0 Å². The maximum Gasteiger partial charge on any atom is 0.338 e. The van der Waals surface area contributed by atoms with E-state index in [9.17, 15) is 14.9 Å². The van der Waals surface area contributed by atoms with Crippen molar-refractivity contribution in [2.75, 3.05) is 17.2 Å². The third-order valence-electron chi connectivity index (χ3n) is 3.42. The highest BCUT2D eigenvalue weighted by molar-refractivity contribution is 7.80. The molecule has 2 aromatic carbocycles. The quantitative estimate of drug-likeness (QED) is 0.245. The summed E-state index contributed by atoms with van der Waals surface area (Å²) in [6.45, 7) is 2.44. The first kappa shape index (κ1) is 19.3. The maximum atomic E-state index is 11.8. The van der Waals surface area contributed by atoms with Crippen LogP contribution in [0.15, 0.2) is 48.5 Å². The van der Waals surface area contributed by atoms with Crippen LogP contribution in [0.5, 0.6) is 0 Å². The zero-order valence-corrected chi connectivity index (χ0v) is 15.0. The van der Waals surface area contributed by atoms with Crippen LogP contribution in [-0.4, -0.2) is 22.6 Å². The van der Waals surface area contributed by atoms with Gasteiger partial charge in [0.2, 0.25) is 0 Å². The van der Waals surface area contributed by atoms with E-state index < -0.39 is 4.92 Å². The summed E-state index contributed by atoms with van der Waals surface area (Å²) in [4.78, 5) is 22.2. The van der Waals surface area contributed by atoms with Crippen molar-refractivity contribution >= 4 is 40.4 Å². The molecule has 0 unspecified atom stereocenters. The second-order valence-corrected chi connectivity index (χ2v) is 5.86. The van der Waals surface area contributed by atoms with Crippen LogP contribution in [-0.2, 0) is 4.74 Å². The highest BCUT2D eigenvalue weighted by Gasteiger charge is 2.08. The SMILES string of the molecule is CCCCOC(=O)c1ccc(NC(=S)Nc2cccc([N+](=O)[O-])c2)cc1. The predicted molar refractivity (Wildman–Crippen MR) is 105 cm³/mol. The van der Waals surface area contributed by atoms with Crippen molar-refractivity contribution in [3.8, 4) is 0 Å². The molecule has 2 aromatic rings. The maximum absolute atomic E-state index is 11.8. The molecule has 8 heteroatoms. The first-order valence-electron chi connectivity index (χ1n) is 8.09. The molecule has 2 N–H and O–H groups in total. The molecule has 0 aliphatic heterocycles. The molecule has 2 rings (SSSR count). The Labute approximate surface area is 156 Å². The van der Waals surface area contributed by atoms with Crippen molar-refractivity contribution < 1.29 is 14.5 Å². The Morgan fingerprint density at radius 2 is 1.85 bits per heavy atom. The van der Waals surface area contributed by atoms with Crippen LogP contribution in [0.1, 0.15) is 30.1 Å². The number of rotatable bonds is 7. The van der Waals surface area contributed by atoms with E-state index >= 15 is 0 Å². The molecule has 0 aliphatic rings. The number of hydrogen-bond acceptors (Lipinski definition) is 5. The average Bonchev–Trinajstić information content (AvgIpc) is 2.62. The lowest BCUT2D eigenvalue weighted by Gasteiger charge is -2.11. The summed E-state index contributed by atoms with van der Waals surface area (Å²) in [6, 6.07) is 12.7. The molecule has 0 aliphatic carbocycles. The largest absolute Gasteiger partial charge is 0.462 e. The molecule has 7 nitrogen and oxygen atoms in total. The Morgan fingerprint density at radius 1 is 1.15 bits per heavy atom. The van der Waals surface area contributed by atoms with E-state index in [1.54, 1.807) is 36.4 Å². The van der Waals surface area contributed by atoms with Gasteiger partial charge < -0.3 is 15.4 Å². The van der Waals surface area contributed by atoms with Crippen molar-refractivity contribution in [1.29, 1.82) is 0 Å². The number of thiocarbonyl (C=S) groups is 1. The average molecular weight is 373 g/mol. The van der Waals surface area contributed by atoms with Gasteiger partial charge in [-0.25, -0.2) is 4.79 Å². The number of nitrogens with one attached hydrogen (secondary N) is 2. The summed E-state index contributed by atoms with van der Waals surface area (Å²) in [5, 5.41) is 16.9. The minimum atomic E-state index is -0.472. The molecular weight excluding hydrogens is 354 g/mol. The molecule has 0 saturated heterocycles. The lowest BCUT2D eigenvalue weighted by atomic mass is 10.2. The number of hydrogen-bond donors (Lipinski definition) is 2. The van der Waals surface area contributed by atoms with Gasteiger partial charge in [-0.2, -0.15) is 0 Å². The number of non-ortho nitro benzene ring substituents is 1. The van der Waals surface area contributed by atoms with E-state index in [1.807, 2.05) is 6.92 Å². The normalized spacial score (nSPS) is 10.0. The third kappa shape index (κ3) is 5.82. The Kier molecular flexibility index (Phi) is 7.04. The third-order valence-corrected chi connectivity index (χ3v) is 3.63. The number of carbonyl (C=O) groups excluding carboxylic acids is 1. The molecule has 0 radical (unpaired) electrons. The minimum Gasteiger partial charge on any atom is -0.462 e. The van der Waals surface area contributed by atoms with Gasteiger partial charge in [0, 0.05) is 23.5 Å². The standard InChI is InChI=1S/C18H19N3O4S/c1-2-3-11-25-17(22)13-7-9-14(10-8-13)19-18(26)20-15-5-4-6-16(12-15)21(23)24/h4-10,12H,2-3,11H2,1H3,(H2,19,20,26). The molecule has 136 valence electrons. The number of nitro benzene ring substituents is 1. The fourth-order valence-corrected chi connectivity index (χ4v) is 2.31. The second-order valence-electron chi connectivity index (χ2n) is 5.45. The number of anilines is 2. The monoisotopic (exact) mass is 373 g/mol. The summed E-state index contributed by atoms with van der Waals surface area (Å²) in [6.07, 6.45) is 1.80. The molecule has 26 heavy (non-hydrogen) atoms. The highest BCUT2D eigenvalue weighted by atomic mass is 32.1. The first-order valence-corrected chi connectivity index (χ1v) is 8.50. The minimum absolute atomic E-state index is 0.0243. The number of esters is 1. The Morgan fingerprint density at radius 3 is 2.50 bits per heavy atom. The molecule has 0 amide bonds. The smallest absolute Gasteiger partial charge is 0.338 e. The van der Waals surface area contributed by atoms with Gasteiger partial charge in [0.15, 0.2) is 5.11 Å². The zero-order valence-electron chi connectivity index (χ0n) is 14.2. The molecule has 0 fully saturated rings. The van der Waals surface area contributed by atoms with E-state index in [0.717, 1.165) is 12.8 Å². The number of benzene rings is 2. The molecular formula is C18H19N3O4S. The van der Waals surface area contributed by atoms with Crippen LogP contribution in [0, 0.1) is 10.1 Å². The van der Waals surface area contributed by atoms with E-state index in [-0.39, 0.29) is 16.8 Å². The van der Waals surface area contributed by atoms with E-state index in [1.165, 1.54) is 12.1 Å². The van der Waals surface area contributed by atoms with Crippen molar-refractivity contribution in [2.24, 2.45) is 0 Å². The highest BCUT2D eigenvalue weighted by Crippen LogP contribution is 2.18. The van der Waals surface area contributed by atoms with Crippen LogP contribution in [0.3, 0.4) is 0 Å². The Hall–Kier alpha value is -3.00. The van der Waals surface area contributed by atoms with Crippen LogP contribution in [0.4, 0.5) is 17.1 Å². The lowest BCUT2D eigenvalue weighted by molar-refractivity contribution is -0.384. The topological polar surface area (TPSA) is 93.5 Å².